The van der Waals surface area contributed by atoms with Crippen molar-refractivity contribution >= 4 is 50.4 Å². The van der Waals surface area contributed by atoms with Crippen LogP contribution in [0.2, 0.25) is 0 Å². The Morgan fingerprint density at radius 2 is 1.58 bits per heavy atom. The van der Waals surface area contributed by atoms with E-state index in [0.29, 0.717) is 33.8 Å². The average molecular weight is 532 g/mol. The average Bonchev–Trinajstić information content (AvgIpc) is 3.34. The number of aromatic nitrogens is 4. The van der Waals surface area contributed by atoms with Crippen molar-refractivity contribution in [3.8, 4) is 11.4 Å². The lowest BCUT2D eigenvalue weighted by molar-refractivity contribution is 0.103. The highest BCUT2D eigenvalue weighted by Crippen LogP contribution is 2.23. The van der Waals surface area contributed by atoms with E-state index in [0.717, 1.165) is 17.7 Å². The normalized spacial score (nSPS) is 11.3. The smallest absolute Gasteiger partial charge is 0.332 e. The number of carbonyl (C=O) groups excluding carboxylic acids is 2. The van der Waals surface area contributed by atoms with Gasteiger partial charge in [0.25, 0.3) is 0 Å². The molecule has 0 aliphatic rings. The van der Waals surface area contributed by atoms with Crippen LogP contribution in [0.25, 0.3) is 22.6 Å². The van der Waals surface area contributed by atoms with Crippen LogP contribution in [-0.2, 0) is 10.2 Å². The van der Waals surface area contributed by atoms with E-state index >= 15 is 0 Å². The number of H-pyrrole nitrogens is 1. The molecule has 5 N–H and O–H groups in total. The van der Waals surface area contributed by atoms with E-state index in [4.69, 9.17) is 5.73 Å². The van der Waals surface area contributed by atoms with Gasteiger partial charge in [0.05, 0.1) is 4.90 Å². The van der Waals surface area contributed by atoms with Crippen molar-refractivity contribution in [1.82, 2.24) is 19.9 Å². The molecule has 0 saturated carbocycles. The lowest BCUT2D eigenvalue weighted by Gasteiger charge is -2.09. The number of hydrogen-bond donors (Lipinski definition) is 4. The van der Waals surface area contributed by atoms with Crippen LogP contribution >= 0.6 is 0 Å². The number of fused-ring (bicyclic) bond motifs is 1. The number of nitrogens with one attached hydrogen (secondary N) is 3. The van der Waals surface area contributed by atoms with Gasteiger partial charge in [-0.15, -0.1) is 3.89 Å². The molecule has 3 aromatic carbocycles. The molecule has 13 heteroatoms. The van der Waals surface area contributed by atoms with Gasteiger partial charge in [-0.25, -0.2) is 19.7 Å². The van der Waals surface area contributed by atoms with Crippen LogP contribution < -0.4 is 16.4 Å². The highest BCUT2D eigenvalue weighted by Gasteiger charge is 2.14. The number of imidazole rings is 1. The van der Waals surface area contributed by atoms with Gasteiger partial charge in [0.15, 0.2) is 17.2 Å². The molecule has 0 atom stereocenters. The molecule has 5 aromatic rings. The van der Waals surface area contributed by atoms with Gasteiger partial charge < -0.3 is 21.4 Å². The minimum atomic E-state index is -4.83. The van der Waals surface area contributed by atoms with E-state index in [-0.39, 0.29) is 17.3 Å². The van der Waals surface area contributed by atoms with E-state index in [9.17, 15) is 21.9 Å². The number of rotatable bonds is 6. The van der Waals surface area contributed by atoms with Crippen LogP contribution in [0.3, 0.4) is 0 Å². The van der Waals surface area contributed by atoms with Crippen molar-refractivity contribution in [2.75, 3.05) is 16.4 Å². The van der Waals surface area contributed by atoms with Crippen LogP contribution in [0.4, 0.5) is 25.9 Å². The second kappa shape index (κ2) is 9.71. The summed E-state index contributed by atoms with van der Waals surface area (Å²) in [4.78, 5) is 40.4. The van der Waals surface area contributed by atoms with Gasteiger partial charge in [0.2, 0.25) is 0 Å². The third kappa shape index (κ3) is 5.17. The second-order valence-electron chi connectivity index (χ2n) is 8.07. The quantitative estimate of drug-likeness (QED) is 0.187. The fraction of sp³-hybridized carbons (Fsp3) is 0. The molecular weight excluding hydrogens is 513 g/mol. The first kappa shape index (κ1) is 24.5. The largest absolute Gasteiger partial charge is 0.382 e. The number of halogens is 1. The molecule has 0 saturated heterocycles. The molecule has 190 valence electrons. The van der Waals surface area contributed by atoms with Crippen molar-refractivity contribution in [2.24, 2.45) is 0 Å². The van der Waals surface area contributed by atoms with Crippen LogP contribution in [0.1, 0.15) is 15.9 Å². The molecule has 0 spiro atoms. The third-order valence-corrected chi connectivity index (χ3v) is 6.35. The summed E-state index contributed by atoms with van der Waals surface area (Å²) in [6, 6.07) is 17.1. The number of nitrogens with two attached hydrogens (primary N) is 1. The van der Waals surface area contributed by atoms with E-state index in [2.05, 4.69) is 30.6 Å². The monoisotopic (exact) mass is 531 g/mol. The topological polar surface area (TPSA) is 173 Å². The summed E-state index contributed by atoms with van der Waals surface area (Å²) in [5, 5.41) is 5.11. The first-order valence-corrected chi connectivity index (χ1v) is 12.4. The molecule has 38 heavy (non-hydrogen) atoms. The van der Waals surface area contributed by atoms with Gasteiger partial charge in [-0.2, -0.15) is 8.42 Å². The molecule has 2 amide bonds. The van der Waals surface area contributed by atoms with Crippen molar-refractivity contribution < 1.29 is 21.9 Å². The number of aromatic amines is 1. The Labute approximate surface area is 215 Å². The molecule has 5 rings (SSSR count). The molecule has 0 radical (unpaired) electrons. The zero-order valence-corrected chi connectivity index (χ0v) is 20.2. The Hall–Kier alpha value is -5.17. The number of nitrogens with zero attached hydrogens (tertiary/aromatic N) is 3. The lowest BCUT2D eigenvalue weighted by Crippen LogP contribution is -2.19. The minimum absolute atomic E-state index is 0.251. The van der Waals surface area contributed by atoms with Gasteiger partial charge in [-0.05, 0) is 36.4 Å². The van der Waals surface area contributed by atoms with E-state index < -0.39 is 21.1 Å². The number of hydrogen-bond acceptors (Lipinski definition) is 8. The summed E-state index contributed by atoms with van der Waals surface area (Å²) < 4.78 is 34.8. The molecule has 2 aromatic heterocycles. The maximum Gasteiger partial charge on any atom is 0.332 e. The standard InChI is InChI=1S/C25H18FN7O4S/c26-38(36,37)19-10-8-17(9-11-19)30-25(35)31-18-3-1-2-16(12-18)21(34)14-4-6-15(7-5-14)23-32-20-22(27)28-13-29-24(20)33-23/h1-13H,(H2,30,31,35)(H3,27,28,29,32,33). The summed E-state index contributed by atoms with van der Waals surface area (Å²) in [5.74, 6) is 0.556. The molecule has 0 bridgehead atoms. The lowest BCUT2D eigenvalue weighted by atomic mass is 10.0. The fourth-order valence-corrected chi connectivity index (χ4v) is 4.12. The molecule has 0 aliphatic carbocycles. The number of urea groups is 1. The number of nitrogen functional groups attached to an aromatic ring is 1. The second-order valence-corrected chi connectivity index (χ2v) is 9.42. The van der Waals surface area contributed by atoms with Crippen molar-refractivity contribution in [3.05, 3.63) is 90.3 Å². The summed E-state index contributed by atoms with van der Waals surface area (Å²) in [6.45, 7) is 0. The maximum atomic E-state index is 13.1. The molecule has 2 heterocycles. The Morgan fingerprint density at radius 1 is 0.868 bits per heavy atom. The van der Waals surface area contributed by atoms with Crippen molar-refractivity contribution in [3.63, 3.8) is 0 Å². The predicted octanol–water partition coefficient (Wildman–Crippen LogP) is 4.14. The first-order valence-electron chi connectivity index (χ1n) is 11.0. The first-order chi connectivity index (χ1) is 18.2. The van der Waals surface area contributed by atoms with Gasteiger partial charge in [-0.3, -0.25) is 4.79 Å². The zero-order chi connectivity index (χ0) is 26.9. The molecular formula is C25H18FN7O4S. The Morgan fingerprint density at radius 3 is 2.26 bits per heavy atom. The van der Waals surface area contributed by atoms with Crippen LogP contribution in [0, 0.1) is 0 Å². The Bertz CT molecular complexity index is 1790. The molecule has 0 aliphatic heterocycles. The van der Waals surface area contributed by atoms with Gasteiger partial charge in [0.1, 0.15) is 17.7 Å². The van der Waals surface area contributed by atoms with Crippen LogP contribution in [-0.4, -0.2) is 40.2 Å². The summed E-state index contributed by atoms with van der Waals surface area (Å²) in [7, 11) is -4.83. The van der Waals surface area contributed by atoms with Crippen molar-refractivity contribution in [2.45, 2.75) is 4.90 Å². The number of carbonyl (C=O) groups is 2. The summed E-state index contributed by atoms with van der Waals surface area (Å²) in [6.07, 6.45) is 1.33. The molecule has 0 fully saturated rings. The fourth-order valence-electron chi connectivity index (χ4n) is 3.66. The Kier molecular flexibility index (Phi) is 6.26. The van der Waals surface area contributed by atoms with Crippen LogP contribution in [0.15, 0.2) is 84.0 Å². The number of ketones is 1. The number of benzene rings is 3. The van der Waals surface area contributed by atoms with Crippen LogP contribution in [0.5, 0.6) is 0 Å². The van der Waals surface area contributed by atoms with Gasteiger partial charge in [-0.1, -0.05) is 36.4 Å². The minimum Gasteiger partial charge on any atom is -0.382 e. The summed E-state index contributed by atoms with van der Waals surface area (Å²) in [5.41, 5.74) is 8.91. The molecule has 0 unspecified atom stereocenters. The maximum absolute atomic E-state index is 13.1. The summed E-state index contributed by atoms with van der Waals surface area (Å²) >= 11 is 0. The number of amides is 2. The van der Waals surface area contributed by atoms with E-state index in [1.54, 1.807) is 42.5 Å². The van der Waals surface area contributed by atoms with Crippen molar-refractivity contribution in [1.29, 1.82) is 0 Å². The SMILES string of the molecule is Nc1ncnc2nc(-c3ccc(C(=O)c4cccc(NC(=O)Nc5ccc(S(=O)(=O)F)cc5)c4)cc3)[nH]c12. The van der Waals surface area contributed by atoms with Gasteiger partial charge >= 0.3 is 16.3 Å². The van der Waals surface area contributed by atoms with E-state index in [1.165, 1.54) is 24.5 Å². The highest BCUT2D eigenvalue weighted by molar-refractivity contribution is 7.86. The predicted molar refractivity (Wildman–Crippen MR) is 139 cm³/mol. The van der Waals surface area contributed by atoms with Gasteiger partial charge in [0, 0.05) is 28.1 Å². The zero-order valence-electron chi connectivity index (χ0n) is 19.3. The third-order valence-electron chi connectivity index (χ3n) is 5.51. The number of anilines is 3. The Balaban J connectivity index is 1.27. The highest BCUT2D eigenvalue weighted by atomic mass is 32.3. The molecule has 11 nitrogen and oxygen atoms in total. The van der Waals surface area contributed by atoms with E-state index in [1.807, 2.05) is 0 Å².